The minimum absolute atomic E-state index is 0.159. The number of phenols is 2. The van der Waals surface area contributed by atoms with Crippen molar-refractivity contribution in [3.63, 3.8) is 0 Å². The van der Waals surface area contributed by atoms with Crippen LogP contribution in [0, 0.1) is 0 Å². The van der Waals surface area contributed by atoms with E-state index in [1.807, 2.05) is 91.0 Å². The molecule has 0 fully saturated rings. The summed E-state index contributed by atoms with van der Waals surface area (Å²) >= 11 is 0. The molecule has 9 nitrogen and oxygen atoms in total. The van der Waals surface area contributed by atoms with Crippen LogP contribution in [0.25, 0.3) is 0 Å². The van der Waals surface area contributed by atoms with Crippen molar-refractivity contribution >= 4 is 12.9 Å². The van der Waals surface area contributed by atoms with Crippen molar-refractivity contribution < 1.29 is 23.8 Å². The molecule has 6 heterocycles. The predicted molar refractivity (Wildman–Crippen MR) is 249 cm³/mol. The molecule has 11 rings (SSSR count). The van der Waals surface area contributed by atoms with E-state index < -0.39 is 29.3 Å². The summed E-state index contributed by atoms with van der Waals surface area (Å²) < 4.78 is 28.5. The Kier molecular flexibility index (Phi) is 8.69. The van der Waals surface area contributed by atoms with Gasteiger partial charge in [0.1, 0.15) is 23.0 Å². The molecular weight excluding hydrogens is 816 g/mol. The molecule has 64 heavy (non-hydrogen) atoms. The topological polar surface area (TPSA) is 139 Å². The largest absolute Gasteiger partial charge is 0.508 e. The Morgan fingerprint density at radius 2 is 0.672 bits per heavy atom. The van der Waals surface area contributed by atoms with Crippen molar-refractivity contribution in [3.8, 4) is 23.0 Å². The van der Waals surface area contributed by atoms with Gasteiger partial charge in [0.05, 0.1) is 27.0 Å². The molecule has 2 aliphatic rings. The van der Waals surface area contributed by atoms with Gasteiger partial charge >= 0.3 is 7.60 Å². The summed E-state index contributed by atoms with van der Waals surface area (Å²) in [7, 11) is -4.05. The van der Waals surface area contributed by atoms with Gasteiger partial charge in [0.2, 0.25) is 0 Å². The average molecular weight is 863 g/mol. The third kappa shape index (κ3) is 5.80. The summed E-state index contributed by atoms with van der Waals surface area (Å²) in [6.45, 7) is 8.69. The third-order valence-electron chi connectivity index (χ3n) is 14.2. The lowest BCUT2D eigenvalue weighted by Gasteiger charge is -2.34. The van der Waals surface area contributed by atoms with Crippen LogP contribution < -0.4 is 14.4 Å². The van der Waals surface area contributed by atoms with Gasteiger partial charge < -0.3 is 39.2 Å². The Bertz CT molecular complexity index is 3100. The highest BCUT2D eigenvalue weighted by molar-refractivity contribution is 7.63. The minimum Gasteiger partial charge on any atom is -0.508 e. The molecule has 318 valence electrons. The lowest BCUT2D eigenvalue weighted by atomic mass is 9.76. The second-order valence-electron chi connectivity index (χ2n) is 17.8. The van der Waals surface area contributed by atoms with Gasteiger partial charge in [0.25, 0.3) is 0 Å². The van der Waals surface area contributed by atoms with Crippen molar-refractivity contribution in [1.82, 2.24) is 19.9 Å². The van der Waals surface area contributed by atoms with Crippen LogP contribution in [0.4, 0.5) is 0 Å². The summed E-state index contributed by atoms with van der Waals surface area (Å²) in [5, 5.41) is 22.3. The van der Waals surface area contributed by atoms with E-state index in [0.29, 0.717) is 16.8 Å². The standard InChI is InChI=1S/C54H47N4O5P/c1-51(34-12-8-16-38(59)30-34)43-22-23-44(55-43)52(2,35-13-9-17-39(60)31-35)46-25-27-48(57-46)54(4)37-15-11-19-41(33-37)63-64(61,42-20-6-5-7-21-42)62-40-18-10-14-36(32-40)53(3,47-26-24-45(51)56-47)49-28-29-50(54)58-49/h5-33,55-60H,1-4H3/t51-,52+,53-,54+,64?. The van der Waals surface area contributed by atoms with Gasteiger partial charge in [-0.1, -0.05) is 66.7 Å². The highest BCUT2D eigenvalue weighted by Gasteiger charge is 2.44. The number of benzene rings is 5. The molecule has 0 amide bonds. The summed E-state index contributed by atoms with van der Waals surface area (Å²) in [5.41, 5.74) is 7.32. The van der Waals surface area contributed by atoms with E-state index in [2.05, 4.69) is 108 Å². The van der Waals surface area contributed by atoms with Gasteiger partial charge in [0.15, 0.2) is 0 Å². The van der Waals surface area contributed by atoms with Crippen LogP contribution in [0.2, 0.25) is 0 Å². The summed E-state index contributed by atoms with van der Waals surface area (Å²) in [6, 6.07) is 56.5. The molecule has 6 N–H and O–H groups in total. The first-order valence-electron chi connectivity index (χ1n) is 21.5. The van der Waals surface area contributed by atoms with Crippen LogP contribution in [-0.2, 0) is 26.2 Å². The van der Waals surface area contributed by atoms with Gasteiger partial charge in [0, 0.05) is 45.6 Å². The molecule has 9 aromatic rings. The molecule has 10 heteroatoms. The predicted octanol–water partition coefficient (Wildman–Crippen LogP) is 11.4. The van der Waals surface area contributed by atoms with E-state index >= 15 is 4.57 Å². The molecule has 0 spiro atoms. The number of hydrogen-bond acceptors (Lipinski definition) is 5. The molecule has 14 bridgehead atoms. The lowest BCUT2D eigenvalue weighted by molar-refractivity contribution is 0.398. The number of aromatic hydroxyl groups is 2. The highest BCUT2D eigenvalue weighted by atomic mass is 31.2. The number of phenolic OH excluding ortho intramolecular Hbond substituents is 2. The second-order valence-corrected chi connectivity index (χ2v) is 19.7. The Balaban J connectivity index is 1.25. The fraction of sp³-hybridized carbons (Fsp3) is 0.148. The third-order valence-corrected chi connectivity index (χ3v) is 16.1. The minimum atomic E-state index is -4.05. The molecule has 1 unspecified atom stereocenters. The van der Waals surface area contributed by atoms with E-state index in [9.17, 15) is 10.2 Å². The molecule has 4 aromatic heterocycles. The average Bonchev–Trinajstić information content (AvgIpc) is 4.16. The molecule has 5 atom stereocenters. The molecule has 0 saturated heterocycles. The maximum Gasteiger partial charge on any atom is 0.462 e. The maximum absolute atomic E-state index is 15.3. The number of fused-ring (bicyclic) bond motifs is 14. The quantitative estimate of drug-likeness (QED) is 0.0982. The normalized spacial score (nSPS) is 24.7. The molecule has 2 aliphatic heterocycles. The number of rotatable bonds is 3. The molecular formula is C54H47N4O5P. The van der Waals surface area contributed by atoms with Crippen LogP contribution in [0.15, 0.2) is 176 Å². The lowest BCUT2D eigenvalue weighted by Crippen LogP contribution is -2.32. The number of nitrogens with one attached hydrogen (secondary N) is 4. The maximum atomic E-state index is 15.3. The van der Waals surface area contributed by atoms with E-state index in [-0.39, 0.29) is 11.5 Å². The molecule has 0 saturated carbocycles. The summed E-state index contributed by atoms with van der Waals surface area (Å²) in [5.74, 6) is 1.11. The van der Waals surface area contributed by atoms with Gasteiger partial charge in [-0.2, -0.15) is 0 Å². The van der Waals surface area contributed by atoms with Crippen LogP contribution in [0.3, 0.4) is 0 Å². The zero-order valence-electron chi connectivity index (χ0n) is 35.8. The smallest absolute Gasteiger partial charge is 0.462 e. The zero-order valence-corrected chi connectivity index (χ0v) is 36.7. The number of aromatic amines is 4. The van der Waals surface area contributed by atoms with Crippen LogP contribution >= 0.6 is 7.60 Å². The summed E-state index contributed by atoms with van der Waals surface area (Å²) in [6.07, 6.45) is 0. The Morgan fingerprint density at radius 3 is 0.984 bits per heavy atom. The second kappa shape index (κ2) is 14.1. The first-order valence-corrected chi connectivity index (χ1v) is 23.0. The fourth-order valence-corrected chi connectivity index (χ4v) is 11.7. The van der Waals surface area contributed by atoms with Gasteiger partial charge in [-0.25, -0.2) is 4.57 Å². The van der Waals surface area contributed by atoms with E-state index in [1.165, 1.54) is 0 Å². The fourth-order valence-electron chi connectivity index (χ4n) is 10.1. The van der Waals surface area contributed by atoms with Gasteiger partial charge in [-0.15, -0.1) is 0 Å². The Morgan fingerprint density at radius 1 is 0.375 bits per heavy atom. The SMILES string of the molecule is C[C@]1(c2cccc(O)c2)c2ccc([nH]2)[C@@](C)(c2cccc(O)c2)c2ccc([nH]2)[C@@]2(C)c3cccc(c3)OP(=O)(c3ccccc3)Oc3cccc(c3)[C@@](C)(c3ccc1[nH]3)c1ccc2[nH]1. The Hall–Kier alpha value is -7.35. The Labute approximate surface area is 371 Å². The number of aromatic nitrogens is 4. The van der Waals surface area contributed by atoms with Gasteiger partial charge in [-0.05, 0) is 159 Å². The first-order chi connectivity index (χ1) is 30.8. The van der Waals surface area contributed by atoms with Crippen molar-refractivity contribution in [2.45, 2.75) is 49.4 Å². The van der Waals surface area contributed by atoms with Crippen molar-refractivity contribution in [3.05, 3.63) is 244 Å². The van der Waals surface area contributed by atoms with Crippen LogP contribution in [0.5, 0.6) is 23.0 Å². The van der Waals surface area contributed by atoms with Crippen LogP contribution in [0.1, 0.15) is 95.5 Å². The van der Waals surface area contributed by atoms with Crippen molar-refractivity contribution in [2.75, 3.05) is 0 Å². The molecule has 0 radical (unpaired) electrons. The number of hydrogen-bond donors (Lipinski definition) is 6. The monoisotopic (exact) mass is 862 g/mol. The van der Waals surface area contributed by atoms with E-state index in [4.69, 9.17) is 9.05 Å². The van der Waals surface area contributed by atoms with Crippen LogP contribution in [-0.4, -0.2) is 30.1 Å². The van der Waals surface area contributed by atoms with Crippen molar-refractivity contribution in [1.29, 1.82) is 0 Å². The van der Waals surface area contributed by atoms with Crippen molar-refractivity contribution in [2.24, 2.45) is 0 Å². The van der Waals surface area contributed by atoms with E-state index in [0.717, 1.165) is 67.8 Å². The summed E-state index contributed by atoms with van der Waals surface area (Å²) in [4.78, 5) is 15.7. The van der Waals surface area contributed by atoms with Gasteiger partial charge in [-0.3, -0.25) is 0 Å². The zero-order chi connectivity index (χ0) is 44.1. The molecule has 5 aromatic carbocycles. The number of H-pyrrole nitrogens is 4. The highest BCUT2D eigenvalue weighted by Crippen LogP contribution is 2.52. The van der Waals surface area contributed by atoms with E-state index in [1.54, 1.807) is 24.3 Å². The first kappa shape index (κ1) is 39.5. The molecule has 0 aliphatic carbocycles.